The molecule has 1 heterocycles. The van der Waals surface area contributed by atoms with Crippen LogP contribution in [0.15, 0.2) is 24.3 Å². The molecule has 2 aliphatic rings. The molecule has 1 saturated carbocycles. The van der Waals surface area contributed by atoms with Crippen LogP contribution in [0.4, 0.5) is 5.69 Å². The second kappa shape index (κ2) is 8.49. The molecule has 1 aromatic carbocycles. The highest BCUT2D eigenvalue weighted by molar-refractivity contribution is 5.94. The van der Waals surface area contributed by atoms with E-state index in [1.165, 1.54) is 0 Å². The number of amides is 2. The summed E-state index contributed by atoms with van der Waals surface area (Å²) >= 11 is 0. The highest BCUT2D eigenvalue weighted by atomic mass is 35.5. The third-order valence-corrected chi connectivity index (χ3v) is 4.60. The zero-order valence-electron chi connectivity index (χ0n) is 14.0. The minimum Gasteiger partial charge on any atom is -0.350 e. The van der Waals surface area contributed by atoms with Crippen molar-refractivity contribution in [2.75, 3.05) is 11.9 Å². The van der Waals surface area contributed by atoms with Gasteiger partial charge in [0.05, 0.1) is 6.04 Å². The molecule has 0 bridgehead atoms. The lowest BCUT2D eigenvalue weighted by Gasteiger charge is -2.17. The molecule has 2 unspecified atom stereocenters. The first-order valence-electron chi connectivity index (χ1n) is 8.55. The van der Waals surface area contributed by atoms with Crippen molar-refractivity contribution < 1.29 is 9.59 Å². The van der Waals surface area contributed by atoms with Crippen molar-refractivity contribution in [1.29, 1.82) is 0 Å². The van der Waals surface area contributed by atoms with E-state index >= 15 is 0 Å². The Morgan fingerprint density at radius 1 is 1.21 bits per heavy atom. The number of halogens is 1. The number of hydrogen-bond donors (Lipinski definition) is 3. The molecule has 0 aromatic heterocycles. The van der Waals surface area contributed by atoms with Crippen LogP contribution in [-0.2, 0) is 9.59 Å². The molecule has 132 valence electrons. The highest BCUT2D eigenvalue weighted by Crippen LogP contribution is 2.30. The topological polar surface area (TPSA) is 70.2 Å². The lowest BCUT2D eigenvalue weighted by atomic mass is 10.1. The van der Waals surface area contributed by atoms with Crippen LogP contribution in [-0.4, -0.2) is 24.4 Å². The molecule has 1 aliphatic carbocycles. The Morgan fingerprint density at radius 3 is 2.50 bits per heavy atom. The van der Waals surface area contributed by atoms with Crippen molar-refractivity contribution in [2.45, 2.75) is 51.1 Å². The van der Waals surface area contributed by atoms with Crippen LogP contribution in [0.2, 0.25) is 0 Å². The third-order valence-electron chi connectivity index (χ3n) is 4.60. The van der Waals surface area contributed by atoms with E-state index in [0.29, 0.717) is 12.5 Å². The van der Waals surface area contributed by atoms with Gasteiger partial charge in [0.15, 0.2) is 0 Å². The standard InChI is InChI=1S/C18H25N3O2.ClH/c1-12(20-17(22)11-16-3-2-10-19-16)13-6-8-15(9-7-13)21-18(23)14-4-5-14;/h6-9,12,14,16,19H,2-5,10-11H2,1H3,(H,20,22)(H,21,23);1H. The van der Waals surface area contributed by atoms with Gasteiger partial charge in [0.2, 0.25) is 11.8 Å². The van der Waals surface area contributed by atoms with E-state index in [1.807, 2.05) is 31.2 Å². The summed E-state index contributed by atoms with van der Waals surface area (Å²) in [4.78, 5) is 23.8. The Labute approximate surface area is 149 Å². The van der Waals surface area contributed by atoms with Gasteiger partial charge in [0.25, 0.3) is 0 Å². The number of nitrogens with one attached hydrogen (secondary N) is 3. The first-order chi connectivity index (χ1) is 11.1. The van der Waals surface area contributed by atoms with Gasteiger partial charge in [-0.05, 0) is 56.8 Å². The van der Waals surface area contributed by atoms with Crippen molar-refractivity contribution in [1.82, 2.24) is 10.6 Å². The average Bonchev–Trinajstić information content (AvgIpc) is 3.27. The average molecular weight is 352 g/mol. The van der Waals surface area contributed by atoms with Crippen LogP contribution in [0, 0.1) is 5.92 Å². The van der Waals surface area contributed by atoms with Gasteiger partial charge in [-0.25, -0.2) is 0 Å². The number of anilines is 1. The smallest absolute Gasteiger partial charge is 0.227 e. The van der Waals surface area contributed by atoms with Crippen LogP contribution < -0.4 is 16.0 Å². The maximum atomic E-state index is 12.1. The van der Waals surface area contributed by atoms with Crippen molar-refractivity contribution in [2.24, 2.45) is 5.92 Å². The molecule has 1 saturated heterocycles. The Balaban J connectivity index is 0.00000208. The molecule has 6 heteroatoms. The van der Waals surface area contributed by atoms with Crippen molar-refractivity contribution in [3.05, 3.63) is 29.8 Å². The van der Waals surface area contributed by atoms with E-state index < -0.39 is 0 Å². The number of benzene rings is 1. The quantitative estimate of drug-likeness (QED) is 0.738. The van der Waals surface area contributed by atoms with E-state index in [-0.39, 0.29) is 36.2 Å². The van der Waals surface area contributed by atoms with Crippen molar-refractivity contribution in [3.8, 4) is 0 Å². The fourth-order valence-corrected chi connectivity index (χ4v) is 2.98. The number of carbonyl (C=O) groups is 2. The van der Waals surface area contributed by atoms with Gasteiger partial charge in [-0.2, -0.15) is 0 Å². The van der Waals surface area contributed by atoms with E-state index in [1.54, 1.807) is 0 Å². The molecule has 2 amide bonds. The van der Waals surface area contributed by atoms with Crippen LogP contribution in [0.3, 0.4) is 0 Å². The second-order valence-electron chi connectivity index (χ2n) is 6.67. The first kappa shape index (κ1) is 18.7. The molecule has 1 aliphatic heterocycles. The summed E-state index contributed by atoms with van der Waals surface area (Å²) in [5.74, 6) is 0.406. The normalized spacial score (nSPS) is 20.8. The minimum absolute atomic E-state index is 0. The monoisotopic (exact) mass is 351 g/mol. The fourth-order valence-electron chi connectivity index (χ4n) is 2.98. The van der Waals surface area contributed by atoms with E-state index in [9.17, 15) is 9.59 Å². The van der Waals surface area contributed by atoms with Crippen molar-refractivity contribution in [3.63, 3.8) is 0 Å². The molecular weight excluding hydrogens is 326 g/mol. The molecule has 2 atom stereocenters. The molecule has 5 nitrogen and oxygen atoms in total. The number of carbonyl (C=O) groups excluding carboxylic acids is 2. The van der Waals surface area contributed by atoms with Crippen molar-refractivity contribution >= 4 is 29.9 Å². The second-order valence-corrected chi connectivity index (χ2v) is 6.67. The lowest BCUT2D eigenvalue weighted by molar-refractivity contribution is -0.122. The molecule has 2 fully saturated rings. The lowest BCUT2D eigenvalue weighted by Crippen LogP contribution is -2.33. The Kier molecular flexibility index (Phi) is 6.63. The summed E-state index contributed by atoms with van der Waals surface area (Å²) < 4.78 is 0. The van der Waals surface area contributed by atoms with Gasteiger partial charge in [-0.1, -0.05) is 12.1 Å². The molecule has 0 spiro atoms. The predicted molar refractivity (Wildman–Crippen MR) is 97.2 cm³/mol. The molecular formula is C18H26ClN3O2. The number of hydrogen-bond acceptors (Lipinski definition) is 3. The van der Waals surface area contributed by atoms with Crippen LogP contribution in [0.5, 0.6) is 0 Å². The van der Waals surface area contributed by atoms with E-state index in [2.05, 4.69) is 16.0 Å². The molecule has 3 N–H and O–H groups in total. The van der Waals surface area contributed by atoms with Gasteiger partial charge in [0, 0.05) is 24.1 Å². The van der Waals surface area contributed by atoms with Crippen LogP contribution in [0.25, 0.3) is 0 Å². The van der Waals surface area contributed by atoms with Gasteiger partial charge < -0.3 is 16.0 Å². The molecule has 24 heavy (non-hydrogen) atoms. The molecule has 1 aromatic rings. The zero-order chi connectivity index (χ0) is 16.2. The number of rotatable bonds is 6. The predicted octanol–water partition coefficient (Wildman–Crippen LogP) is 2.78. The summed E-state index contributed by atoms with van der Waals surface area (Å²) in [5.41, 5.74) is 1.86. The Morgan fingerprint density at radius 2 is 1.92 bits per heavy atom. The van der Waals surface area contributed by atoms with Crippen LogP contribution in [0.1, 0.15) is 50.6 Å². The summed E-state index contributed by atoms with van der Waals surface area (Å²) in [6, 6.07) is 8.01. The fraction of sp³-hybridized carbons (Fsp3) is 0.556. The summed E-state index contributed by atoms with van der Waals surface area (Å²) in [6.45, 7) is 3.00. The Bertz CT molecular complexity index is 566. The largest absolute Gasteiger partial charge is 0.350 e. The SMILES string of the molecule is CC(NC(=O)CC1CCCN1)c1ccc(NC(=O)C2CC2)cc1.Cl. The maximum absolute atomic E-state index is 12.1. The minimum atomic E-state index is -0.0305. The van der Waals surface area contributed by atoms with Gasteiger partial charge in [-0.3, -0.25) is 9.59 Å². The Hall–Kier alpha value is -1.59. The third kappa shape index (κ3) is 5.21. The summed E-state index contributed by atoms with van der Waals surface area (Å²) in [5, 5.41) is 9.31. The van der Waals surface area contributed by atoms with E-state index in [0.717, 1.165) is 43.5 Å². The van der Waals surface area contributed by atoms with E-state index in [4.69, 9.17) is 0 Å². The van der Waals surface area contributed by atoms with Gasteiger partial charge >= 0.3 is 0 Å². The van der Waals surface area contributed by atoms with Crippen LogP contribution >= 0.6 is 12.4 Å². The summed E-state index contributed by atoms with van der Waals surface area (Å²) in [7, 11) is 0. The molecule has 3 rings (SSSR count). The zero-order valence-corrected chi connectivity index (χ0v) is 14.8. The first-order valence-corrected chi connectivity index (χ1v) is 8.55. The maximum Gasteiger partial charge on any atom is 0.227 e. The summed E-state index contributed by atoms with van der Waals surface area (Å²) in [6.07, 6.45) is 4.78. The highest BCUT2D eigenvalue weighted by Gasteiger charge is 2.29. The van der Waals surface area contributed by atoms with Gasteiger partial charge in [-0.15, -0.1) is 12.4 Å². The van der Waals surface area contributed by atoms with Gasteiger partial charge in [0.1, 0.15) is 0 Å². The molecule has 0 radical (unpaired) electrons.